The SMILES string of the molecule is Cc1cc(NC(=O)C(C)Sc2nc3c(cc2C#N)CC(c2ccccc2)CC3)no1. The van der Waals surface area contributed by atoms with Gasteiger partial charge in [0.05, 0.1) is 10.8 Å². The van der Waals surface area contributed by atoms with Crippen LogP contribution in [0.15, 0.2) is 52.0 Å². The van der Waals surface area contributed by atoms with Crippen molar-refractivity contribution >= 4 is 23.5 Å². The van der Waals surface area contributed by atoms with Crippen LogP contribution >= 0.6 is 11.8 Å². The molecule has 2 heterocycles. The smallest absolute Gasteiger partial charge is 0.238 e. The molecule has 1 aliphatic rings. The van der Waals surface area contributed by atoms with Crippen molar-refractivity contribution in [2.45, 2.75) is 49.3 Å². The molecular weight excluding hydrogens is 396 g/mol. The molecule has 2 aromatic heterocycles. The van der Waals surface area contributed by atoms with Gasteiger partial charge in [-0.15, -0.1) is 0 Å². The fraction of sp³-hybridized carbons (Fsp3) is 0.304. The molecule has 152 valence electrons. The molecule has 6 nitrogen and oxygen atoms in total. The Balaban J connectivity index is 1.50. The average molecular weight is 419 g/mol. The predicted octanol–water partition coefficient (Wildman–Crippen LogP) is 4.64. The van der Waals surface area contributed by atoms with Crippen LogP contribution in [0.2, 0.25) is 0 Å². The van der Waals surface area contributed by atoms with E-state index < -0.39 is 5.25 Å². The van der Waals surface area contributed by atoms with E-state index in [2.05, 4.69) is 40.8 Å². The number of fused-ring (bicyclic) bond motifs is 1. The van der Waals surface area contributed by atoms with Gasteiger partial charge in [0.1, 0.15) is 16.9 Å². The number of hydrogen-bond acceptors (Lipinski definition) is 6. The van der Waals surface area contributed by atoms with Crippen LogP contribution in [0.25, 0.3) is 0 Å². The number of benzene rings is 1. The second-order valence-electron chi connectivity index (χ2n) is 7.48. The normalized spacial score (nSPS) is 16.4. The molecule has 7 heteroatoms. The minimum atomic E-state index is -0.430. The third-order valence-electron chi connectivity index (χ3n) is 5.28. The monoisotopic (exact) mass is 418 g/mol. The zero-order valence-electron chi connectivity index (χ0n) is 16.9. The molecule has 1 N–H and O–H groups in total. The predicted molar refractivity (Wildman–Crippen MR) is 115 cm³/mol. The van der Waals surface area contributed by atoms with E-state index in [4.69, 9.17) is 9.51 Å². The van der Waals surface area contributed by atoms with Crippen LogP contribution in [0.4, 0.5) is 5.82 Å². The van der Waals surface area contributed by atoms with Gasteiger partial charge in [0, 0.05) is 11.8 Å². The van der Waals surface area contributed by atoms with Crippen molar-refractivity contribution < 1.29 is 9.32 Å². The van der Waals surface area contributed by atoms with Gasteiger partial charge in [-0.1, -0.05) is 47.3 Å². The second-order valence-corrected chi connectivity index (χ2v) is 8.81. The molecular formula is C23H22N4O2S. The Kier molecular flexibility index (Phi) is 5.86. The highest BCUT2D eigenvalue weighted by Gasteiger charge is 2.25. The Hall–Kier alpha value is -3.11. The lowest BCUT2D eigenvalue weighted by Crippen LogP contribution is -2.23. The maximum absolute atomic E-state index is 12.5. The summed E-state index contributed by atoms with van der Waals surface area (Å²) < 4.78 is 4.98. The van der Waals surface area contributed by atoms with E-state index in [0.717, 1.165) is 30.5 Å². The van der Waals surface area contributed by atoms with Gasteiger partial charge in [-0.3, -0.25) is 4.79 Å². The summed E-state index contributed by atoms with van der Waals surface area (Å²) in [7, 11) is 0. The summed E-state index contributed by atoms with van der Waals surface area (Å²) in [5, 5.41) is 16.4. The first-order chi connectivity index (χ1) is 14.5. The van der Waals surface area contributed by atoms with Crippen LogP contribution in [0.3, 0.4) is 0 Å². The van der Waals surface area contributed by atoms with E-state index in [1.807, 2.05) is 12.1 Å². The molecule has 2 unspecified atom stereocenters. The number of carbonyl (C=O) groups excluding carboxylic acids is 1. The van der Waals surface area contributed by atoms with Crippen LogP contribution in [-0.2, 0) is 17.6 Å². The van der Waals surface area contributed by atoms with Crippen LogP contribution in [0.1, 0.15) is 47.4 Å². The Morgan fingerprint density at radius 1 is 1.33 bits per heavy atom. The summed E-state index contributed by atoms with van der Waals surface area (Å²) in [5.41, 5.74) is 4.01. The zero-order chi connectivity index (χ0) is 21.1. The van der Waals surface area contributed by atoms with Gasteiger partial charge in [0.15, 0.2) is 5.82 Å². The van der Waals surface area contributed by atoms with E-state index in [1.54, 1.807) is 19.9 Å². The first kappa shape index (κ1) is 20.2. The summed E-state index contributed by atoms with van der Waals surface area (Å²) in [6, 6.07) is 16.4. The zero-order valence-corrected chi connectivity index (χ0v) is 17.7. The van der Waals surface area contributed by atoms with E-state index in [-0.39, 0.29) is 5.91 Å². The lowest BCUT2D eigenvalue weighted by molar-refractivity contribution is -0.115. The second kappa shape index (κ2) is 8.72. The lowest BCUT2D eigenvalue weighted by atomic mass is 9.82. The number of anilines is 1. The molecule has 0 fully saturated rings. The number of nitrogens with one attached hydrogen (secondary N) is 1. The number of nitrogens with zero attached hydrogens (tertiary/aromatic N) is 3. The Morgan fingerprint density at radius 3 is 2.83 bits per heavy atom. The third-order valence-corrected chi connectivity index (χ3v) is 6.38. The number of nitriles is 1. The van der Waals surface area contributed by atoms with Crippen LogP contribution < -0.4 is 5.32 Å². The van der Waals surface area contributed by atoms with Gasteiger partial charge < -0.3 is 9.84 Å². The summed E-state index contributed by atoms with van der Waals surface area (Å²) in [4.78, 5) is 17.3. The van der Waals surface area contributed by atoms with Crippen LogP contribution in [0.5, 0.6) is 0 Å². The number of carbonyl (C=O) groups is 1. The van der Waals surface area contributed by atoms with E-state index >= 15 is 0 Å². The number of aromatic nitrogens is 2. The van der Waals surface area contributed by atoms with Gasteiger partial charge in [0.25, 0.3) is 0 Å². The molecule has 2 atom stereocenters. The fourth-order valence-corrected chi connectivity index (χ4v) is 4.59. The standard InChI is InChI=1S/C23H22N4O2S/c1-14-10-21(27-29-14)26-22(28)15(2)30-23-19(13-24)12-18-11-17(8-9-20(18)25-23)16-6-4-3-5-7-16/h3-7,10,12,15,17H,8-9,11H2,1-2H3,(H,26,27,28). The van der Waals surface area contributed by atoms with Gasteiger partial charge in [-0.25, -0.2) is 4.98 Å². The molecule has 0 bridgehead atoms. The molecule has 4 rings (SSSR count). The minimum absolute atomic E-state index is 0.208. The highest BCUT2D eigenvalue weighted by atomic mass is 32.2. The van der Waals surface area contributed by atoms with Crippen molar-refractivity contribution in [2.24, 2.45) is 0 Å². The van der Waals surface area contributed by atoms with Crippen molar-refractivity contribution in [3.63, 3.8) is 0 Å². The lowest BCUT2D eigenvalue weighted by Gasteiger charge is -2.25. The van der Waals surface area contributed by atoms with Crippen LogP contribution in [-0.4, -0.2) is 21.3 Å². The van der Waals surface area contributed by atoms with Gasteiger partial charge in [0.2, 0.25) is 5.91 Å². The summed E-state index contributed by atoms with van der Waals surface area (Å²) in [6.07, 6.45) is 2.78. The molecule has 0 saturated heterocycles. The van der Waals surface area contributed by atoms with Crippen molar-refractivity contribution in [3.05, 3.63) is 70.6 Å². The van der Waals surface area contributed by atoms with Crippen LogP contribution in [0, 0.1) is 18.3 Å². The van der Waals surface area contributed by atoms with Crippen molar-refractivity contribution in [1.82, 2.24) is 10.1 Å². The molecule has 30 heavy (non-hydrogen) atoms. The van der Waals surface area contributed by atoms with E-state index in [1.165, 1.54) is 17.3 Å². The molecule has 0 radical (unpaired) electrons. The van der Waals surface area contributed by atoms with Gasteiger partial charge >= 0.3 is 0 Å². The van der Waals surface area contributed by atoms with E-state index in [9.17, 15) is 10.1 Å². The number of thioether (sulfide) groups is 1. The number of rotatable bonds is 5. The first-order valence-corrected chi connectivity index (χ1v) is 10.8. The third kappa shape index (κ3) is 4.39. The maximum atomic E-state index is 12.5. The van der Waals surface area contributed by atoms with E-state index in [0.29, 0.717) is 28.1 Å². The molecule has 0 spiro atoms. The molecule has 0 aliphatic heterocycles. The fourth-order valence-electron chi connectivity index (χ4n) is 3.70. The highest BCUT2D eigenvalue weighted by molar-refractivity contribution is 8.00. The number of aryl methyl sites for hydroxylation is 2. The van der Waals surface area contributed by atoms with Crippen molar-refractivity contribution in [1.29, 1.82) is 5.26 Å². The molecule has 1 aliphatic carbocycles. The summed E-state index contributed by atoms with van der Waals surface area (Å²) in [6.45, 7) is 3.56. The Bertz CT molecular complexity index is 1100. The molecule has 0 saturated carbocycles. The maximum Gasteiger partial charge on any atom is 0.238 e. The topological polar surface area (TPSA) is 91.8 Å². The number of pyridine rings is 1. The average Bonchev–Trinajstić information content (AvgIpc) is 3.17. The Morgan fingerprint density at radius 2 is 2.13 bits per heavy atom. The number of hydrogen-bond donors (Lipinski definition) is 1. The van der Waals surface area contributed by atoms with Crippen molar-refractivity contribution in [2.75, 3.05) is 5.32 Å². The molecule has 1 aromatic carbocycles. The van der Waals surface area contributed by atoms with Gasteiger partial charge in [-0.2, -0.15) is 5.26 Å². The first-order valence-electron chi connectivity index (χ1n) is 9.92. The number of amides is 1. The summed E-state index contributed by atoms with van der Waals surface area (Å²) in [5.74, 6) is 1.25. The quantitative estimate of drug-likeness (QED) is 0.607. The highest BCUT2D eigenvalue weighted by Crippen LogP contribution is 2.35. The Labute approximate surface area is 179 Å². The van der Waals surface area contributed by atoms with Crippen molar-refractivity contribution in [3.8, 4) is 6.07 Å². The molecule has 1 amide bonds. The largest absolute Gasteiger partial charge is 0.360 e. The van der Waals surface area contributed by atoms with Gasteiger partial charge in [-0.05, 0) is 56.2 Å². The minimum Gasteiger partial charge on any atom is -0.360 e. The molecule has 3 aromatic rings. The summed E-state index contributed by atoms with van der Waals surface area (Å²) >= 11 is 1.29.